The van der Waals surface area contributed by atoms with E-state index in [9.17, 15) is 13.2 Å². The van der Waals surface area contributed by atoms with Gasteiger partial charge in [-0.25, -0.2) is 0 Å². The predicted octanol–water partition coefficient (Wildman–Crippen LogP) is 4.06. The van der Waals surface area contributed by atoms with Gasteiger partial charge in [0.15, 0.2) is 0 Å². The molecule has 2 unspecified atom stereocenters. The second kappa shape index (κ2) is 8.00. The highest BCUT2D eigenvalue weighted by Gasteiger charge is 2.26. The normalized spacial score (nSPS) is 15.6. The van der Waals surface area contributed by atoms with Crippen LogP contribution in [0.4, 0.5) is 13.2 Å². The van der Waals surface area contributed by atoms with Crippen molar-refractivity contribution in [2.45, 2.75) is 44.4 Å². The zero-order valence-electron chi connectivity index (χ0n) is 12.2. The average Bonchev–Trinajstić information content (AvgIpc) is 2.80. The third kappa shape index (κ3) is 6.72. The van der Waals surface area contributed by atoms with Gasteiger partial charge in [0.25, 0.3) is 0 Å². The van der Waals surface area contributed by atoms with Gasteiger partial charge in [0.1, 0.15) is 0 Å². The smallest absolute Gasteiger partial charge is 0.312 e. The van der Waals surface area contributed by atoms with E-state index in [1.807, 2.05) is 32.5 Å². The fraction of sp³-hybridized carbons (Fsp3) is 0.714. The molecule has 0 amide bonds. The van der Waals surface area contributed by atoms with Crippen LogP contribution in [0.25, 0.3) is 0 Å². The van der Waals surface area contributed by atoms with Gasteiger partial charge in [0.05, 0.1) is 6.04 Å². The standard InChI is InChI=1S/C14H23F3N2S/c1-11(6-4-8-14(15,16)17)18-10-12(19(2)3)13-7-5-9-20-13/h5,7,9,11-12,18H,4,6,8,10H2,1-3H3. The Morgan fingerprint density at radius 2 is 2.05 bits per heavy atom. The van der Waals surface area contributed by atoms with Crippen LogP contribution < -0.4 is 5.32 Å². The van der Waals surface area contributed by atoms with Gasteiger partial charge < -0.3 is 10.2 Å². The highest BCUT2D eigenvalue weighted by molar-refractivity contribution is 7.10. The second-order valence-electron chi connectivity index (χ2n) is 5.31. The fourth-order valence-electron chi connectivity index (χ4n) is 2.04. The third-order valence-electron chi connectivity index (χ3n) is 3.25. The van der Waals surface area contributed by atoms with Crippen LogP contribution in [0.3, 0.4) is 0 Å². The molecule has 20 heavy (non-hydrogen) atoms. The molecule has 0 saturated heterocycles. The largest absolute Gasteiger partial charge is 0.389 e. The molecule has 1 aromatic heterocycles. The van der Waals surface area contributed by atoms with E-state index in [0.717, 1.165) is 6.54 Å². The number of likely N-dealkylation sites (N-methyl/N-ethyl adjacent to an activating group) is 1. The molecule has 2 atom stereocenters. The Morgan fingerprint density at radius 3 is 2.55 bits per heavy atom. The maximum atomic E-state index is 12.1. The lowest BCUT2D eigenvalue weighted by Gasteiger charge is -2.25. The molecular formula is C14H23F3N2S. The van der Waals surface area contributed by atoms with Crippen LogP contribution >= 0.6 is 11.3 Å². The van der Waals surface area contributed by atoms with Gasteiger partial charge in [-0.1, -0.05) is 6.07 Å². The van der Waals surface area contributed by atoms with Crippen molar-refractivity contribution in [1.82, 2.24) is 10.2 Å². The summed E-state index contributed by atoms with van der Waals surface area (Å²) in [6.45, 7) is 2.69. The van der Waals surface area contributed by atoms with E-state index in [-0.39, 0.29) is 18.5 Å². The summed E-state index contributed by atoms with van der Waals surface area (Å²) in [6, 6.07) is 4.47. The van der Waals surface area contributed by atoms with Gasteiger partial charge >= 0.3 is 6.18 Å². The minimum atomic E-state index is -4.04. The van der Waals surface area contributed by atoms with E-state index in [1.165, 1.54) is 4.88 Å². The molecule has 2 nitrogen and oxygen atoms in total. The molecule has 0 aliphatic rings. The van der Waals surface area contributed by atoms with Crippen molar-refractivity contribution in [3.8, 4) is 0 Å². The number of thiophene rings is 1. The minimum absolute atomic E-state index is 0.0970. The maximum Gasteiger partial charge on any atom is 0.389 e. The van der Waals surface area contributed by atoms with Gasteiger partial charge in [-0.15, -0.1) is 11.3 Å². The zero-order chi connectivity index (χ0) is 15.2. The average molecular weight is 308 g/mol. The van der Waals surface area contributed by atoms with Crippen LogP contribution in [0, 0.1) is 0 Å². The number of rotatable bonds is 8. The molecule has 0 aromatic carbocycles. The number of alkyl halides is 3. The van der Waals surface area contributed by atoms with Crippen molar-refractivity contribution in [3.05, 3.63) is 22.4 Å². The molecule has 0 spiro atoms. The molecule has 116 valence electrons. The molecule has 1 heterocycles. The molecule has 1 N–H and O–H groups in total. The van der Waals surface area contributed by atoms with E-state index < -0.39 is 12.6 Å². The Morgan fingerprint density at radius 1 is 1.35 bits per heavy atom. The van der Waals surface area contributed by atoms with E-state index in [1.54, 1.807) is 11.3 Å². The van der Waals surface area contributed by atoms with Gasteiger partial charge in [-0.3, -0.25) is 0 Å². The number of nitrogens with zero attached hydrogens (tertiary/aromatic N) is 1. The van der Waals surface area contributed by atoms with Crippen LogP contribution in [0.5, 0.6) is 0 Å². The molecule has 0 aliphatic heterocycles. The lowest BCUT2D eigenvalue weighted by atomic mass is 10.1. The molecular weight excluding hydrogens is 285 g/mol. The highest BCUT2D eigenvalue weighted by Crippen LogP contribution is 2.24. The van der Waals surface area contributed by atoms with Gasteiger partial charge in [-0.2, -0.15) is 13.2 Å². The summed E-state index contributed by atoms with van der Waals surface area (Å²) in [7, 11) is 4.03. The van der Waals surface area contributed by atoms with Crippen LogP contribution in [-0.2, 0) is 0 Å². The zero-order valence-corrected chi connectivity index (χ0v) is 13.0. The van der Waals surface area contributed by atoms with E-state index in [2.05, 4.69) is 16.3 Å². The van der Waals surface area contributed by atoms with Crippen LogP contribution in [0.15, 0.2) is 17.5 Å². The van der Waals surface area contributed by atoms with E-state index in [0.29, 0.717) is 6.42 Å². The Bertz CT molecular complexity index is 363. The minimum Gasteiger partial charge on any atom is -0.312 e. The van der Waals surface area contributed by atoms with Crippen LogP contribution in [0.2, 0.25) is 0 Å². The van der Waals surface area contributed by atoms with Crippen LogP contribution in [-0.4, -0.2) is 37.8 Å². The first-order valence-electron chi connectivity index (χ1n) is 6.79. The third-order valence-corrected chi connectivity index (χ3v) is 4.23. The second-order valence-corrected chi connectivity index (χ2v) is 6.29. The summed E-state index contributed by atoms with van der Waals surface area (Å²) in [6.07, 6.45) is -4.00. The molecule has 1 rings (SSSR count). The summed E-state index contributed by atoms with van der Waals surface area (Å²) < 4.78 is 36.3. The molecule has 0 saturated carbocycles. The summed E-state index contributed by atoms with van der Waals surface area (Å²) in [5, 5.41) is 5.38. The molecule has 1 aromatic rings. The molecule has 0 radical (unpaired) electrons. The maximum absolute atomic E-state index is 12.1. The van der Waals surface area contributed by atoms with Gasteiger partial charge in [0, 0.05) is 23.9 Å². The lowest BCUT2D eigenvalue weighted by molar-refractivity contribution is -0.135. The number of hydrogen-bond donors (Lipinski definition) is 1. The molecule has 0 fully saturated rings. The van der Waals surface area contributed by atoms with Crippen molar-refractivity contribution in [2.75, 3.05) is 20.6 Å². The van der Waals surface area contributed by atoms with E-state index in [4.69, 9.17) is 0 Å². The Labute approximate surface area is 123 Å². The summed E-state index contributed by atoms with van der Waals surface area (Å²) in [5.41, 5.74) is 0. The van der Waals surface area contributed by atoms with Crippen molar-refractivity contribution in [1.29, 1.82) is 0 Å². The summed E-state index contributed by atoms with van der Waals surface area (Å²) in [4.78, 5) is 3.39. The number of halogens is 3. The predicted molar refractivity (Wildman–Crippen MR) is 78.1 cm³/mol. The Kier molecular flexibility index (Phi) is 6.99. The molecule has 6 heteroatoms. The number of nitrogens with one attached hydrogen (secondary N) is 1. The first kappa shape index (κ1) is 17.5. The quantitative estimate of drug-likeness (QED) is 0.779. The van der Waals surface area contributed by atoms with Gasteiger partial charge in [-0.05, 0) is 45.3 Å². The first-order valence-corrected chi connectivity index (χ1v) is 7.67. The highest BCUT2D eigenvalue weighted by atomic mass is 32.1. The van der Waals surface area contributed by atoms with E-state index >= 15 is 0 Å². The molecule has 0 aliphatic carbocycles. The van der Waals surface area contributed by atoms with Crippen molar-refractivity contribution < 1.29 is 13.2 Å². The lowest BCUT2D eigenvalue weighted by Crippen LogP contribution is -2.35. The van der Waals surface area contributed by atoms with Crippen molar-refractivity contribution in [2.24, 2.45) is 0 Å². The fourth-order valence-corrected chi connectivity index (χ4v) is 2.96. The monoisotopic (exact) mass is 308 g/mol. The first-order chi connectivity index (χ1) is 9.29. The van der Waals surface area contributed by atoms with Crippen molar-refractivity contribution in [3.63, 3.8) is 0 Å². The SMILES string of the molecule is CC(CCCC(F)(F)F)NCC(c1cccs1)N(C)C. The molecule has 0 bridgehead atoms. The Balaban J connectivity index is 2.33. The summed E-state index contributed by atoms with van der Waals surface area (Å²) >= 11 is 1.70. The van der Waals surface area contributed by atoms with Crippen LogP contribution in [0.1, 0.15) is 37.1 Å². The number of hydrogen-bond acceptors (Lipinski definition) is 3. The topological polar surface area (TPSA) is 15.3 Å². The van der Waals surface area contributed by atoms with Crippen molar-refractivity contribution >= 4 is 11.3 Å². The van der Waals surface area contributed by atoms with Gasteiger partial charge in [0.2, 0.25) is 0 Å². The Hall–Kier alpha value is -0.590. The summed E-state index contributed by atoms with van der Waals surface area (Å²) in [5.74, 6) is 0.